The Kier molecular flexibility index (Phi) is 12.1. The Morgan fingerprint density at radius 1 is 0.862 bits per heavy atom. The summed E-state index contributed by atoms with van der Waals surface area (Å²) in [6.45, 7) is 2.19. The largest absolute Gasteiger partial charge is 0.338 e. The average molecular weight is 406 g/mol. The van der Waals surface area contributed by atoms with Crippen molar-refractivity contribution >= 4 is 12.1 Å². The van der Waals surface area contributed by atoms with E-state index in [1.54, 1.807) is 0 Å². The van der Waals surface area contributed by atoms with Gasteiger partial charge in [0.15, 0.2) is 0 Å². The van der Waals surface area contributed by atoms with Gasteiger partial charge >= 0.3 is 12.1 Å². The van der Waals surface area contributed by atoms with E-state index in [-0.39, 0.29) is 26.9 Å². The maximum absolute atomic E-state index is 12.4. The maximum Gasteiger partial charge on any atom is 0.317 e. The molecule has 1 heterocycles. The third-order valence-electron chi connectivity index (χ3n) is 6.30. The van der Waals surface area contributed by atoms with Crippen molar-refractivity contribution < 1.29 is 9.59 Å². The summed E-state index contributed by atoms with van der Waals surface area (Å²) in [4.78, 5) is 26.6. The second-order valence-electron chi connectivity index (χ2n) is 8.59. The highest BCUT2D eigenvalue weighted by molar-refractivity contribution is 5.76. The van der Waals surface area contributed by atoms with Gasteiger partial charge in [0, 0.05) is 25.7 Å². The van der Waals surface area contributed by atoms with E-state index in [0.29, 0.717) is 18.5 Å². The van der Waals surface area contributed by atoms with Crippen LogP contribution in [0.2, 0.25) is 0 Å². The molecular formula is C23H41N4O2. The Balaban J connectivity index is 0.00000210. The van der Waals surface area contributed by atoms with Crippen LogP contribution in [0.5, 0.6) is 0 Å². The standard InChI is InChI=1S/C21H37N4O2.2CH2/c26-20(23-18-9-5-2-1-3-6-10-18)22-15-17-13-14-25(16-17)21(27)24-19-11-7-4-8-12-19;;/h17,19H,1-16H2,(H,24,27)(H2,22,23,26);2*1H2. The first-order valence-corrected chi connectivity index (χ1v) is 11.2. The number of nitrogens with one attached hydrogen (secondary N) is 3. The molecule has 2 aliphatic carbocycles. The summed E-state index contributed by atoms with van der Waals surface area (Å²) in [7, 11) is 0. The minimum atomic E-state index is -0.0734. The van der Waals surface area contributed by atoms with Gasteiger partial charge in [-0.15, -0.1) is 0 Å². The number of urea groups is 2. The molecule has 0 aromatic heterocycles. The molecule has 4 amide bonds. The van der Waals surface area contributed by atoms with Crippen molar-refractivity contribution in [2.45, 2.75) is 89.5 Å². The molecule has 3 rings (SSSR count). The molecule has 0 spiro atoms. The van der Waals surface area contributed by atoms with Crippen LogP contribution in [0, 0.1) is 26.8 Å². The molecule has 165 valence electrons. The Bertz CT molecular complexity index is 471. The fourth-order valence-electron chi connectivity index (χ4n) is 4.60. The zero-order valence-electron chi connectivity index (χ0n) is 18.1. The summed E-state index contributed by atoms with van der Waals surface area (Å²) in [5, 5.41) is 9.29. The van der Waals surface area contributed by atoms with Crippen molar-refractivity contribution in [3.8, 4) is 0 Å². The van der Waals surface area contributed by atoms with Crippen LogP contribution in [0.4, 0.5) is 9.59 Å². The molecule has 6 nitrogen and oxygen atoms in total. The molecule has 1 atom stereocenters. The monoisotopic (exact) mass is 405 g/mol. The molecule has 1 aliphatic heterocycles. The molecule has 3 aliphatic rings. The van der Waals surface area contributed by atoms with Crippen molar-refractivity contribution in [2.75, 3.05) is 19.6 Å². The van der Waals surface area contributed by atoms with Crippen molar-refractivity contribution in [2.24, 2.45) is 5.92 Å². The molecule has 1 unspecified atom stereocenters. The number of likely N-dealkylation sites (tertiary alicyclic amines) is 1. The number of carbonyl (C=O) groups is 2. The predicted octanol–water partition coefficient (Wildman–Crippen LogP) is 4.58. The molecule has 29 heavy (non-hydrogen) atoms. The highest BCUT2D eigenvalue weighted by atomic mass is 16.2. The number of amides is 4. The molecule has 6 heteroatoms. The van der Waals surface area contributed by atoms with E-state index in [1.807, 2.05) is 4.90 Å². The Hall–Kier alpha value is -1.46. The van der Waals surface area contributed by atoms with E-state index >= 15 is 0 Å². The third kappa shape index (κ3) is 8.83. The van der Waals surface area contributed by atoms with Gasteiger partial charge in [-0.3, -0.25) is 0 Å². The van der Waals surface area contributed by atoms with Gasteiger partial charge in [0.1, 0.15) is 0 Å². The van der Waals surface area contributed by atoms with Crippen molar-refractivity contribution in [1.29, 1.82) is 0 Å². The predicted molar refractivity (Wildman–Crippen MR) is 118 cm³/mol. The lowest BCUT2D eigenvalue weighted by molar-refractivity contribution is 0.198. The first-order valence-electron chi connectivity index (χ1n) is 11.2. The lowest BCUT2D eigenvalue weighted by Gasteiger charge is -2.26. The van der Waals surface area contributed by atoms with Crippen molar-refractivity contribution in [3.63, 3.8) is 0 Å². The summed E-state index contributed by atoms with van der Waals surface area (Å²) in [5.74, 6) is 0.357. The van der Waals surface area contributed by atoms with Crippen LogP contribution < -0.4 is 16.0 Å². The van der Waals surface area contributed by atoms with Crippen LogP contribution >= 0.6 is 0 Å². The van der Waals surface area contributed by atoms with Gasteiger partial charge in [0.2, 0.25) is 0 Å². The maximum atomic E-state index is 12.4. The van der Waals surface area contributed by atoms with E-state index < -0.39 is 0 Å². The van der Waals surface area contributed by atoms with Crippen LogP contribution in [-0.4, -0.2) is 42.6 Å². The van der Waals surface area contributed by atoms with E-state index in [4.69, 9.17) is 0 Å². The lowest BCUT2D eigenvalue weighted by atomic mass is 9.96. The van der Waals surface area contributed by atoms with E-state index in [9.17, 15) is 9.59 Å². The molecule has 0 aromatic rings. The topological polar surface area (TPSA) is 73.5 Å². The summed E-state index contributed by atoms with van der Waals surface area (Å²) >= 11 is 0. The number of rotatable bonds is 4. The molecule has 2 saturated carbocycles. The number of carbonyl (C=O) groups excluding carboxylic acids is 2. The highest BCUT2D eigenvalue weighted by Crippen LogP contribution is 2.22. The molecular weight excluding hydrogens is 364 g/mol. The first kappa shape index (κ1) is 25.6. The van der Waals surface area contributed by atoms with Crippen molar-refractivity contribution in [1.82, 2.24) is 20.9 Å². The number of hydrogen-bond donors (Lipinski definition) is 3. The molecule has 3 fully saturated rings. The van der Waals surface area contributed by atoms with Gasteiger partial charge in [-0.2, -0.15) is 0 Å². The molecule has 0 aromatic carbocycles. The zero-order valence-corrected chi connectivity index (χ0v) is 18.1. The fraction of sp³-hybridized carbons (Fsp3) is 0.783. The lowest BCUT2D eigenvalue weighted by Crippen LogP contribution is -2.45. The second kappa shape index (κ2) is 13.7. The summed E-state index contributed by atoms with van der Waals surface area (Å²) in [6, 6.07) is 1.55. The Labute approximate surface area is 178 Å². The van der Waals surface area contributed by atoms with Gasteiger partial charge in [0.05, 0.1) is 6.04 Å². The van der Waals surface area contributed by atoms with Crippen LogP contribution in [0.15, 0.2) is 0 Å². The van der Waals surface area contributed by atoms with Gasteiger partial charge in [0.25, 0.3) is 0 Å². The summed E-state index contributed by atoms with van der Waals surface area (Å²) in [5.41, 5.74) is 0. The SMILES string of the molecule is O=C(NCC1CCN(C(=O)NC2CCCCC2)C1)N[C]1CCCCCCC1.[CH2].[CH2]. The zero-order chi connectivity index (χ0) is 18.9. The average Bonchev–Trinajstić information content (AvgIpc) is 3.12. The summed E-state index contributed by atoms with van der Waals surface area (Å²) < 4.78 is 0. The van der Waals surface area contributed by atoms with Crippen LogP contribution in [0.1, 0.15) is 83.5 Å². The summed E-state index contributed by atoms with van der Waals surface area (Å²) in [6.07, 6.45) is 15.2. The highest BCUT2D eigenvalue weighted by Gasteiger charge is 2.28. The van der Waals surface area contributed by atoms with E-state index in [1.165, 1.54) is 57.4 Å². The van der Waals surface area contributed by atoms with Crippen LogP contribution in [0.3, 0.4) is 0 Å². The smallest absolute Gasteiger partial charge is 0.317 e. The van der Waals surface area contributed by atoms with Gasteiger partial charge in [-0.05, 0) is 38.0 Å². The van der Waals surface area contributed by atoms with E-state index in [0.717, 1.165) is 45.2 Å². The fourth-order valence-corrected chi connectivity index (χ4v) is 4.60. The molecule has 5 radical (unpaired) electrons. The van der Waals surface area contributed by atoms with Gasteiger partial charge < -0.3 is 20.9 Å². The quantitative estimate of drug-likeness (QED) is 0.640. The molecule has 3 N–H and O–H groups in total. The third-order valence-corrected chi connectivity index (χ3v) is 6.30. The Morgan fingerprint density at radius 2 is 1.48 bits per heavy atom. The normalized spacial score (nSPS) is 23.7. The van der Waals surface area contributed by atoms with Gasteiger partial charge in [-0.25, -0.2) is 9.59 Å². The Morgan fingerprint density at radius 3 is 2.17 bits per heavy atom. The number of nitrogens with zero attached hydrogens (tertiary/aromatic N) is 1. The minimum absolute atomic E-state index is 0. The number of hydrogen-bond acceptors (Lipinski definition) is 2. The molecule has 1 saturated heterocycles. The van der Waals surface area contributed by atoms with Crippen molar-refractivity contribution in [3.05, 3.63) is 20.9 Å². The van der Waals surface area contributed by atoms with Crippen LogP contribution in [-0.2, 0) is 0 Å². The minimum Gasteiger partial charge on any atom is -0.338 e. The van der Waals surface area contributed by atoms with Crippen LogP contribution in [0.25, 0.3) is 0 Å². The van der Waals surface area contributed by atoms with E-state index in [2.05, 4.69) is 16.0 Å². The molecule has 0 bridgehead atoms. The van der Waals surface area contributed by atoms with Gasteiger partial charge in [-0.1, -0.05) is 66.2 Å². The first-order chi connectivity index (χ1) is 13.2. The second-order valence-corrected chi connectivity index (χ2v) is 8.59.